The van der Waals surface area contributed by atoms with E-state index in [0.29, 0.717) is 17.5 Å². The molecular formula is C53H33N3O. The highest BCUT2D eigenvalue weighted by atomic mass is 16.3. The molecule has 0 atom stereocenters. The summed E-state index contributed by atoms with van der Waals surface area (Å²) in [4.78, 5) is 15.0. The van der Waals surface area contributed by atoms with Crippen molar-refractivity contribution in [2.24, 2.45) is 0 Å². The van der Waals surface area contributed by atoms with Crippen LogP contribution in [0.3, 0.4) is 0 Å². The highest BCUT2D eigenvalue weighted by Crippen LogP contribution is 2.42. The van der Waals surface area contributed by atoms with E-state index < -0.39 is 0 Å². The third kappa shape index (κ3) is 5.74. The number of para-hydroxylation sites is 1. The van der Waals surface area contributed by atoms with E-state index in [1.807, 2.05) is 60.7 Å². The first-order valence-corrected chi connectivity index (χ1v) is 19.2. The Hall–Kier alpha value is -7.69. The molecule has 0 spiro atoms. The minimum absolute atomic E-state index is 0.644. The van der Waals surface area contributed by atoms with Gasteiger partial charge in [0.25, 0.3) is 0 Å². The van der Waals surface area contributed by atoms with Crippen LogP contribution >= 0.6 is 0 Å². The summed E-state index contributed by atoms with van der Waals surface area (Å²) in [7, 11) is 0. The van der Waals surface area contributed by atoms with E-state index in [1.54, 1.807) is 0 Å². The summed E-state index contributed by atoms with van der Waals surface area (Å²) in [6, 6.07) is 69.9. The number of fused-ring (bicyclic) bond motifs is 5. The smallest absolute Gasteiger partial charge is 0.164 e. The van der Waals surface area contributed by atoms with Crippen molar-refractivity contribution in [3.8, 4) is 67.5 Å². The van der Waals surface area contributed by atoms with Crippen LogP contribution in [0.25, 0.3) is 111 Å². The molecule has 0 amide bonds. The van der Waals surface area contributed by atoms with Gasteiger partial charge in [0.1, 0.15) is 11.2 Å². The lowest BCUT2D eigenvalue weighted by atomic mass is 9.93. The molecule has 266 valence electrons. The molecule has 0 aliphatic heterocycles. The molecular weight excluding hydrogens is 695 g/mol. The Labute approximate surface area is 329 Å². The maximum absolute atomic E-state index is 6.65. The van der Waals surface area contributed by atoms with Crippen LogP contribution in [0.5, 0.6) is 0 Å². The topological polar surface area (TPSA) is 51.8 Å². The van der Waals surface area contributed by atoms with Crippen molar-refractivity contribution in [2.75, 3.05) is 0 Å². The third-order valence-electron chi connectivity index (χ3n) is 11.0. The molecule has 0 bridgehead atoms. The standard InChI is InChI=1S/C53H33N3O/c1-3-14-37(15-4-1)51-54-52(38-16-5-2-6-17-38)56-53(55-51)46-24-11-22-44-41(19-9-23-45(44)46)35-28-30-36(31-29-35)42-20-12-26-48-49(42)47-25-10-21-43(50(47)57-48)40-32-27-34-13-7-8-18-39(34)33-40/h1-33H. The van der Waals surface area contributed by atoms with Gasteiger partial charge in [-0.3, -0.25) is 0 Å². The molecule has 0 aliphatic carbocycles. The fourth-order valence-electron chi connectivity index (χ4n) is 8.19. The molecule has 11 rings (SSSR count). The Morgan fingerprint density at radius 1 is 0.298 bits per heavy atom. The SMILES string of the molecule is c1ccc(-c2nc(-c3ccccc3)nc(-c3cccc4c(-c5ccc(-c6cccc7oc8c(-c9ccc%10ccccc%10c9)cccc8c67)cc5)cccc34)n2)cc1. The van der Waals surface area contributed by atoms with Gasteiger partial charge in [-0.1, -0.05) is 188 Å². The van der Waals surface area contributed by atoms with E-state index in [2.05, 4.69) is 140 Å². The molecule has 0 fully saturated rings. The first-order chi connectivity index (χ1) is 28.2. The second-order valence-corrected chi connectivity index (χ2v) is 14.3. The molecule has 2 heterocycles. The third-order valence-corrected chi connectivity index (χ3v) is 11.0. The fourth-order valence-corrected chi connectivity index (χ4v) is 8.19. The van der Waals surface area contributed by atoms with E-state index in [0.717, 1.165) is 82.8 Å². The first kappa shape index (κ1) is 32.7. The van der Waals surface area contributed by atoms with Gasteiger partial charge in [0.2, 0.25) is 0 Å². The van der Waals surface area contributed by atoms with E-state index in [1.165, 1.54) is 10.8 Å². The zero-order valence-corrected chi connectivity index (χ0v) is 30.8. The van der Waals surface area contributed by atoms with Crippen LogP contribution in [0.15, 0.2) is 205 Å². The van der Waals surface area contributed by atoms with Gasteiger partial charge in [-0.15, -0.1) is 0 Å². The van der Waals surface area contributed by atoms with Gasteiger partial charge in [0.05, 0.1) is 0 Å². The van der Waals surface area contributed by atoms with Crippen LogP contribution in [-0.2, 0) is 0 Å². The Balaban J connectivity index is 0.992. The molecule has 0 saturated heterocycles. The molecule has 0 aliphatic rings. The first-order valence-electron chi connectivity index (χ1n) is 19.2. The summed E-state index contributed by atoms with van der Waals surface area (Å²) in [5.41, 5.74) is 11.4. The molecule has 4 heteroatoms. The van der Waals surface area contributed by atoms with Gasteiger partial charge < -0.3 is 4.42 Å². The van der Waals surface area contributed by atoms with Crippen molar-refractivity contribution in [2.45, 2.75) is 0 Å². The molecule has 0 saturated carbocycles. The van der Waals surface area contributed by atoms with E-state index in [9.17, 15) is 0 Å². The maximum atomic E-state index is 6.65. The Morgan fingerprint density at radius 3 is 1.51 bits per heavy atom. The predicted molar refractivity (Wildman–Crippen MR) is 235 cm³/mol. The minimum Gasteiger partial charge on any atom is -0.455 e. The number of aromatic nitrogens is 3. The van der Waals surface area contributed by atoms with Crippen molar-refractivity contribution in [3.63, 3.8) is 0 Å². The summed E-state index contributed by atoms with van der Waals surface area (Å²) in [6.07, 6.45) is 0. The van der Waals surface area contributed by atoms with Crippen LogP contribution in [-0.4, -0.2) is 15.0 Å². The summed E-state index contributed by atoms with van der Waals surface area (Å²) in [5, 5.41) is 6.90. The van der Waals surface area contributed by atoms with Crippen molar-refractivity contribution >= 4 is 43.5 Å². The molecule has 57 heavy (non-hydrogen) atoms. The molecule has 0 N–H and O–H groups in total. The number of rotatable bonds is 6. The summed E-state index contributed by atoms with van der Waals surface area (Å²) >= 11 is 0. The minimum atomic E-state index is 0.644. The lowest BCUT2D eigenvalue weighted by molar-refractivity contribution is 0.670. The number of benzene rings is 9. The molecule has 11 aromatic rings. The highest BCUT2D eigenvalue weighted by Gasteiger charge is 2.18. The van der Waals surface area contributed by atoms with Crippen molar-refractivity contribution < 1.29 is 4.42 Å². The molecule has 4 nitrogen and oxygen atoms in total. The largest absolute Gasteiger partial charge is 0.455 e. The van der Waals surface area contributed by atoms with Crippen molar-refractivity contribution in [3.05, 3.63) is 200 Å². The molecule has 2 aromatic heterocycles. The quantitative estimate of drug-likeness (QED) is 0.171. The Morgan fingerprint density at radius 2 is 0.807 bits per heavy atom. The van der Waals surface area contributed by atoms with Gasteiger partial charge in [-0.25, -0.2) is 15.0 Å². The summed E-state index contributed by atoms with van der Waals surface area (Å²) < 4.78 is 6.65. The zero-order valence-electron chi connectivity index (χ0n) is 30.8. The number of nitrogens with zero attached hydrogens (tertiary/aromatic N) is 3. The fraction of sp³-hybridized carbons (Fsp3) is 0. The van der Waals surface area contributed by atoms with Crippen LogP contribution in [0.1, 0.15) is 0 Å². The average Bonchev–Trinajstić information content (AvgIpc) is 3.68. The van der Waals surface area contributed by atoms with Gasteiger partial charge in [0, 0.05) is 33.0 Å². The lowest BCUT2D eigenvalue weighted by Gasteiger charge is -2.13. The summed E-state index contributed by atoms with van der Waals surface area (Å²) in [5.74, 6) is 1.94. The summed E-state index contributed by atoms with van der Waals surface area (Å²) in [6.45, 7) is 0. The van der Waals surface area contributed by atoms with Crippen LogP contribution in [0, 0.1) is 0 Å². The van der Waals surface area contributed by atoms with Gasteiger partial charge in [0.15, 0.2) is 17.5 Å². The highest BCUT2D eigenvalue weighted by molar-refractivity contribution is 6.15. The zero-order chi connectivity index (χ0) is 37.7. The average molecular weight is 728 g/mol. The van der Waals surface area contributed by atoms with Crippen LogP contribution < -0.4 is 0 Å². The van der Waals surface area contributed by atoms with Crippen molar-refractivity contribution in [1.82, 2.24) is 15.0 Å². The molecule has 0 radical (unpaired) electrons. The van der Waals surface area contributed by atoms with Gasteiger partial charge >= 0.3 is 0 Å². The Kier molecular flexibility index (Phi) is 7.78. The maximum Gasteiger partial charge on any atom is 0.164 e. The van der Waals surface area contributed by atoms with Gasteiger partial charge in [-0.05, 0) is 61.5 Å². The molecule has 0 unspecified atom stereocenters. The normalized spacial score (nSPS) is 11.5. The Bertz CT molecular complexity index is 3220. The molecule has 9 aromatic carbocycles. The van der Waals surface area contributed by atoms with Crippen LogP contribution in [0.4, 0.5) is 0 Å². The number of furan rings is 1. The van der Waals surface area contributed by atoms with Gasteiger partial charge in [-0.2, -0.15) is 0 Å². The van der Waals surface area contributed by atoms with E-state index in [-0.39, 0.29) is 0 Å². The second-order valence-electron chi connectivity index (χ2n) is 14.3. The number of hydrogen-bond donors (Lipinski definition) is 0. The predicted octanol–water partition coefficient (Wildman–Crippen LogP) is 14.1. The van der Waals surface area contributed by atoms with E-state index in [4.69, 9.17) is 19.4 Å². The lowest BCUT2D eigenvalue weighted by Crippen LogP contribution is -2.00. The van der Waals surface area contributed by atoms with E-state index >= 15 is 0 Å². The monoisotopic (exact) mass is 727 g/mol. The second kappa shape index (κ2) is 13.6. The number of hydrogen-bond acceptors (Lipinski definition) is 4. The van der Waals surface area contributed by atoms with Crippen molar-refractivity contribution in [1.29, 1.82) is 0 Å². The van der Waals surface area contributed by atoms with Crippen LogP contribution in [0.2, 0.25) is 0 Å².